The number of thiophene rings is 1. The molecule has 1 aromatic carbocycles. The highest BCUT2D eigenvalue weighted by Gasteiger charge is 2.33. The predicted molar refractivity (Wildman–Crippen MR) is 113 cm³/mol. The zero-order valence-electron chi connectivity index (χ0n) is 17.4. The van der Waals surface area contributed by atoms with E-state index in [9.17, 15) is 9.59 Å². The summed E-state index contributed by atoms with van der Waals surface area (Å²) in [6, 6.07) is 9.35. The molecule has 1 aromatic heterocycles. The second kappa shape index (κ2) is 9.31. The van der Waals surface area contributed by atoms with E-state index in [2.05, 4.69) is 11.4 Å². The number of hydrogen-bond acceptors (Lipinski definition) is 5. The first-order valence-corrected chi connectivity index (χ1v) is 10.7. The number of fused-ring (bicyclic) bond motifs is 1. The van der Waals surface area contributed by atoms with E-state index in [0.29, 0.717) is 24.7 Å². The Hall–Kier alpha value is -2.54. The highest BCUT2D eigenvalue weighted by molar-refractivity contribution is 7.10. The molecule has 2 amide bonds. The van der Waals surface area contributed by atoms with Crippen LogP contribution < -0.4 is 9.47 Å². The molecule has 3 rings (SSSR count). The van der Waals surface area contributed by atoms with Crippen molar-refractivity contribution in [2.24, 2.45) is 0 Å². The van der Waals surface area contributed by atoms with Gasteiger partial charge in [-0.1, -0.05) is 12.1 Å². The van der Waals surface area contributed by atoms with Gasteiger partial charge >= 0.3 is 0 Å². The quantitative estimate of drug-likeness (QED) is 0.693. The summed E-state index contributed by atoms with van der Waals surface area (Å²) in [7, 11) is 1.61. The van der Waals surface area contributed by atoms with Gasteiger partial charge in [0.2, 0.25) is 11.8 Å². The summed E-state index contributed by atoms with van der Waals surface area (Å²) in [4.78, 5) is 29.8. The van der Waals surface area contributed by atoms with Crippen LogP contribution in [0.3, 0.4) is 0 Å². The maximum absolute atomic E-state index is 13.1. The molecular weight excluding hydrogens is 388 g/mol. The van der Waals surface area contributed by atoms with Crippen LogP contribution in [0.2, 0.25) is 0 Å². The van der Waals surface area contributed by atoms with Crippen LogP contribution in [0.1, 0.15) is 37.3 Å². The van der Waals surface area contributed by atoms with E-state index in [1.54, 1.807) is 23.3 Å². The number of carbonyl (C=O) groups is 2. The van der Waals surface area contributed by atoms with E-state index in [1.807, 2.05) is 43.0 Å². The first kappa shape index (κ1) is 21.2. The molecule has 1 aliphatic heterocycles. The number of hydrogen-bond donors (Lipinski definition) is 0. The third-order valence-corrected chi connectivity index (χ3v) is 6.21. The van der Waals surface area contributed by atoms with E-state index < -0.39 is 0 Å². The predicted octanol–water partition coefficient (Wildman–Crippen LogP) is 3.52. The summed E-state index contributed by atoms with van der Waals surface area (Å²) < 4.78 is 11.5. The summed E-state index contributed by atoms with van der Waals surface area (Å²) >= 11 is 1.71. The molecule has 1 atom stereocenters. The highest BCUT2D eigenvalue weighted by atomic mass is 32.1. The summed E-state index contributed by atoms with van der Waals surface area (Å²) in [5.74, 6) is 1.16. The molecule has 0 spiro atoms. The number of ether oxygens (including phenoxy) is 2. The Balaban J connectivity index is 1.80. The lowest BCUT2D eigenvalue weighted by Gasteiger charge is -2.37. The Morgan fingerprint density at radius 3 is 2.62 bits per heavy atom. The fourth-order valence-corrected chi connectivity index (χ4v) is 4.60. The van der Waals surface area contributed by atoms with E-state index in [1.165, 1.54) is 11.8 Å². The first-order chi connectivity index (χ1) is 13.9. The van der Waals surface area contributed by atoms with E-state index in [4.69, 9.17) is 9.47 Å². The minimum atomic E-state index is -0.191. The van der Waals surface area contributed by atoms with Crippen molar-refractivity contribution in [3.8, 4) is 11.5 Å². The second-order valence-electron chi connectivity index (χ2n) is 7.35. The zero-order valence-corrected chi connectivity index (χ0v) is 18.2. The van der Waals surface area contributed by atoms with Gasteiger partial charge in [-0.3, -0.25) is 9.59 Å². The number of methoxy groups -OCH3 is 1. The molecule has 0 saturated carbocycles. The van der Waals surface area contributed by atoms with Crippen molar-refractivity contribution >= 4 is 23.2 Å². The lowest BCUT2D eigenvalue weighted by molar-refractivity contribution is -0.143. The zero-order chi connectivity index (χ0) is 21.0. The molecule has 6 nitrogen and oxygen atoms in total. The maximum Gasteiger partial charge on any atom is 0.242 e. The molecule has 2 heterocycles. The van der Waals surface area contributed by atoms with Gasteiger partial charge in [0.1, 0.15) is 6.61 Å². The van der Waals surface area contributed by atoms with Crippen molar-refractivity contribution in [2.45, 2.75) is 39.3 Å². The number of rotatable bonds is 7. The van der Waals surface area contributed by atoms with E-state index in [0.717, 1.165) is 12.0 Å². The third kappa shape index (κ3) is 4.72. The van der Waals surface area contributed by atoms with Gasteiger partial charge < -0.3 is 19.3 Å². The van der Waals surface area contributed by atoms with Crippen LogP contribution in [0.15, 0.2) is 35.7 Å². The van der Waals surface area contributed by atoms with Gasteiger partial charge in [0.15, 0.2) is 11.5 Å². The van der Waals surface area contributed by atoms with Gasteiger partial charge in [0.05, 0.1) is 19.7 Å². The molecular formula is C22H28N2O4S. The van der Waals surface area contributed by atoms with Crippen LogP contribution in [0, 0.1) is 0 Å². The molecule has 0 aliphatic carbocycles. The third-order valence-electron chi connectivity index (χ3n) is 5.21. The fraction of sp³-hybridized carbons (Fsp3) is 0.455. The smallest absolute Gasteiger partial charge is 0.242 e. The summed E-state index contributed by atoms with van der Waals surface area (Å²) in [5, 5.41) is 2.06. The van der Waals surface area contributed by atoms with Gasteiger partial charge in [-0.25, -0.2) is 0 Å². The van der Waals surface area contributed by atoms with E-state index >= 15 is 0 Å². The number of nitrogens with zero attached hydrogens (tertiary/aromatic N) is 2. The molecule has 2 aromatic rings. The van der Waals surface area contributed by atoms with Gasteiger partial charge in [-0.05, 0) is 49.4 Å². The molecule has 156 valence electrons. The number of amides is 2. The summed E-state index contributed by atoms with van der Waals surface area (Å²) in [6.45, 7) is 6.38. The molecule has 1 aliphatic rings. The van der Waals surface area contributed by atoms with E-state index in [-0.39, 0.29) is 30.4 Å². The Bertz CT molecular complexity index is 864. The molecule has 0 radical (unpaired) electrons. The number of para-hydroxylation sites is 2. The fourth-order valence-electron chi connectivity index (χ4n) is 3.68. The van der Waals surface area contributed by atoms with Crippen LogP contribution in [0.4, 0.5) is 0 Å². The molecule has 0 unspecified atom stereocenters. The Kier molecular flexibility index (Phi) is 6.79. The van der Waals surface area contributed by atoms with Crippen molar-refractivity contribution in [2.75, 3.05) is 26.8 Å². The molecule has 0 N–H and O–H groups in total. The molecule has 0 bridgehead atoms. The number of carbonyl (C=O) groups excluding carboxylic acids is 2. The molecule has 0 saturated heterocycles. The lowest BCUT2D eigenvalue weighted by atomic mass is 10.0. The van der Waals surface area contributed by atoms with Crippen LogP contribution in [0.5, 0.6) is 11.5 Å². The van der Waals surface area contributed by atoms with Crippen molar-refractivity contribution in [1.29, 1.82) is 0 Å². The molecule has 0 fully saturated rings. The van der Waals surface area contributed by atoms with Gasteiger partial charge in [0.25, 0.3) is 0 Å². The monoisotopic (exact) mass is 416 g/mol. The largest absolute Gasteiger partial charge is 0.493 e. The van der Waals surface area contributed by atoms with Crippen molar-refractivity contribution in [1.82, 2.24) is 9.80 Å². The Morgan fingerprint density at radius 2 is 1.97 bits per heavy atom. The minimum Gasteiger partial charge on any atom is -0.493 e. The second-order valence-corrected chi connectivity index (χ2v) is 8.36. The Labute approximate surface area is 176 Å². The lowest BCUT2D eigenvalue weighted by Crippen LogP contribution is -2.49. The Morgan fingerprint density at radius 1 is 1.24 bits per heavy atom. The van der Waals surface area contributed by atoms with Gasteiger partial charge in [-0.2, -0.15) is 0 Å². The van der Waals surface area contributed by atoms with Crippen molar-refractivity contribution in [3.63, 3.8) is 0 Å². The highest BCUT2D eigenvalue weighted by Crippen LogP contribution is 2.35. The summed E-state index contributed by atoms with van der Waals surface area (Å²) in [6.07, 6.45) is 0.825. The number of benzene rings is 1. The van der Waals surface area contributed by atoms with Crippen molar-refractivity contribution in [3.05, 3.63) is 46.2 Å². The summed E-state index contributed by atoms with van der Waals surface area (Å²) in [5.41, 5.74) is 1.13. The van der Waals surface area contributed by atoms with Gasteiger partial charge in [-0.15, -0.1) is 11.3 Å². The minimum absolute atomic E-state index is 0.0266. The van der Waals surface area contributed by atoms with Crippen LogP contribution in [-0.4, -0.2) is 54.5 Å². The normalized spacial score (nSPS) is 15.8. The average molecular weight is 417 g/mol. The van der Waals surface area contributed by atoms with Crippen LogP contribution in [-0.2, 0) is 16.0 Å². The van der Waals surface area contributed by atoms with Crippen molar-refractivity contribution < 1.29 is 19.1 Å². The van der Waals surface area contributed by atoms with Crippen LogP contribution in [0.25, 0.3) is 0 Å². The molecule has 7 heteroatoms. The maximum atomic E-state index is 13.1. The SMILES string of the molecule is COc1ccccc1OC[C@@H]1c2ccsc2CCN1C(=O)CN(C(C)=O)C(C)C. The first-order valence-electron chi connectivity index (χ1n) is 9.81. The standard InChI is InChI=1S/C22H28N2O4S/c1-15(2)24(16(3)25)13-22(26)23-11-9-21-17(10-12-29-21)18(23)14-28-20-8-6-5-7-19(20)27-4/h5-8,10,12,15,18H,9,11,13-14H2,1-4H3/t18-/m1/s1. The van der Waals surface area contributed by atoms with Gasteiger partial charge in [0, 0.05) is 24.4 Å². The average Bonchev–Trinajstić information content (AvgIpc) is 3.18. The topological polar surface area (TPSA) is 59.1 Å². The molecule has 29 heavy (non-hydrogen) atoms. The van der Waals surface area contributed by atoms with Crippen LogP contribution >= 0.6 is 11.3 Å².